The molecule has 3 heterocycles. The van der Waals surface area contributed by atoms with E-state index in [1.165, 1.54) is 12.1 Å². The van der Waals surface area contributed by atoms with Crippen molar-refractivity contribution in [2.75, 3.05) is 25.2 Å². The van der Waals surface area contributed by atoms with Gasteiger partial charge in [0.2, 0.25) is 0 Å². The van der Waals surface area contributed by atoms with E-state index in [0.29, 0.717) is 51.8 Å². The number of carbonyl (C=O) groups is 1. The second-order valence-corrected chi connectivity index (χ2v) is 10.3. The first kappa shape index (κ1) is 26.5. The number of imidazole rings is 1. The number of aryl methyl sites for hydroxylation is 1. The lowest BCUT2D eigenvalue weighted by molar-refractivity contribution is -0.0471. The Labute approximate surface area is 215 Å². The van der Waals surface area contributed by atoms with Crippen molar-refractivity contribution >= 4 is 45.2 Å². The molecule has 0 fully saturated rings. The van der Waals surface area contributed by atoms with E-state index in [1.807, 2.05) is 6.92 Å². The molecule has 4 rings (SSSR count). The number of amides is 1. The summed E-state index contributed by atoms with van der Waals surface area (Å²) < 4.78 is 68.7. The van der Waals surface area contributed by atoms with Crippen LogP contribution in [0.5, 0.6) is 5.75 Å². The Balaban J connectivity index is 1.50. The first-order chi connectivity index (χ1) is 17.5. The number of nitrogens with zero attached hydrogens (tertiary/aromatic N) is 5. The molecule has 0 saturated heterocycles. The number of hydrazone groups is 1. The first-order valence-electron chi connectivity index (χ1n) is 11.0. The molecule has 15 heteroatoms. The highest BCUT2D eigenvalue weighted by Gasteiger charge is 2.50. The van der Waals surface area contributed by atoms with Crippen LogP contribution in [0.1, 0.15) is 28.7 Å². The van der Waals surface area contributed by atoms with Gasteiger partial charge in [0.1, 0.15) is 29.1 Å². The van der Waals surface area contributed by atoms with Gasteiger partial charge in [-0.15, -0.1) is 0 Å². The topological polar surface area (TPSA) is 109 Å². The Kier molecular flexibility index (Phi) is 7.24. The minimum absolute atomic E-state index is 0.130. The number of carbonyl (C=O) groups excluding carboxylic acids is 1. The summed E-state index contributed by atoms with van der Waals surface area (Å²) in [4.78, 5) is 17.5. The zero-order chi connectivity index (χ0) is 27.0. The summed E-state index contributed by atoms with van der Waals surface area (Å²) in [6.45, 7) is 1.46. The lowest BCUT2D eigenvalue weighted by Gasteiger charge is -2.30. The minimum Gasteiger partial charge on any atom is -0.494 e. The molecule has 2 aromatic heterocycles. The van der Waals surface area contributed by atoms with Gasteiger partial charge < -0.3 is 10.1 Å². The van der Waals surface area contributed by atoms with Crippen LogP contribution in [0, 0.1) is 0 Å². The molecule has 1 aliphatic rings. The molecule has 3 aromatic rings. The maximum atomic E-state index is 13.0. The van der Waals surface area contributed by atoms with Crippen molar-refractivity contribution in [3.8, 4) is 5.75 Å². The van der Waals surface area contributed by atoms with E-state index in [1.54, 1.807) is 40.9 Å². The van der Waals surface area contributed by atoms with Crippen molar-refractivity contribution in [2.45, 2.75) is 25.4 Å². The van der Waals surface area contributed by atoms with Gasteiger partial charge in [0, 0.05) is 12.7 Å². The number of hydrogen-bond acceptors (Lipinski definition) is 7. The quantitative estimate of drug-likeness (QED) is 0.476. The fraction of sp³-hybridized carbons (Fsp3) is 0.318. The normalized spacial score (nSPS) is 14.3. The van der Waals surface area contributed by atoms with Crippen LogP contribution in [0.3, 0.4) is 0 Å². The maximum Gasteiger partial charge on any atom is 0.516 e. The summed E-state index contributed by atoms with van der Waals surface area (Å²) in [5, 5.41) is 8.49. The van der Waals surface area contributed by atoms with E-state index in [4.69, 9.17) is 16.3 Å². The number of ether oxygens (including phenoxy) is 1. The molecule has 198 valence electrons. The van der Waals surface area contributed by atoms with Gasteiger partial charge in [-0.25, -0.2) is 9.29 Å². The molecule has 0 unspecified atom stereocenters. The largest absolute Gasteiger partial charge is 0.516 e. The van der Waals surface area contributed by atoms with Gasteiger partial charge in [0.25, 0.3) is 5.91 Å². The van der Waals surface area contributed by atoms with E-state index < -0.39 is 22.1 Å². The van der Waals surface area contributed by atoms with E-state index >= 15 is 0 Å². The smallest absolute Gasteiger partial charge is 0.494 e. The molecule has 0 spiro atoms. The maximum absolute atomic E-state index is 13.0. The van der Waals surface area contributed by atoms with Crippen LogP contribution in [0.4, 0.5) is 18.9 Å². The zero-order valence-corrected chi connectivity index (χ0v) is 21.2. The number of halogens is 4. The van der Waals surface area contributed by atoms with E-state index in [0.717, 1.165) is 0 Å². The molecule has 1 aromatic carbocycles. The molecular formula is C22H22ClF3N6O4S. The van der Waals surface area contributed by atoms with Gasteiger partial charge in [0.05, 0.1) is 30.9 Å². The highest BCUT2D eigenvalue weighted by Crippen LogP contribution is 2.32. The monoisotopic (exact) mass is 558 g/mol. The van der Waals surface area contributed by atoms with Crippen molar-refractivity contribution in [2.24, 2.45) is 5.10 Å². The van der Waals surface area contributed by atoms with E-state index in [2.05, 4.69) is 15.4 Å². The number of aromatic nitrogens is 2. The first-order valence-corrected chi connectivity index (χ1v) is 12.8. The van der Waals surface area contributed by atoms with Crippen LogP contribution < -0.4 is 15.1 Å². The van der Waals surface area contributed by atoms with Gasteiger partial charge in [-0.05, 0) is 36.2 Å². The number of alkyl halides is 3. The van der Waals surface area contributed by atoms with Crippen molar-refractivity contribution < 1.29 is 31.1 Å². The molecule has 1 amide bonds. The molecule has 0 aliphatic carbocycles. The Morgan fingerprint density at radius 2 is 1.97 bits per heavy atom. The molecule has 0 saturated carbocycles. The second kappa shape index (κ2) is 10.1. The van der Waals surface area contributed by atoms with Gasteiger partial charge in [-0.1, -0.05) is 24.6 Å². The van der Waals surface area contributed by atoms with Crippen molar-refractivity contribution in [1.29, 1.82) is 0 Å². The van der Waals surface area contributed by atoms with Crippen LogP contribution in [0.25, 0.3) is 5.65 Å². The predicted molar refractivity (Wildman–Crippen MR) is 131 cm³/mol. The summed E-state index contributed by atoms with van der Waals surface area (Å²) >= 11 is 6.09. The number of methoxy groups -OCH3 is 1. The van der Waals surface area contributed by atoms with E-state index in [9.17, 15) is 26.4 Å². The third-order valence-corrected chi connectivity index (χ3v) is 7.34. The van der Waals surface area contributed by atoms with Crippen molar-refractivity contribution in [3.05, 3.63) is 58.5 Å². The molecule has 0 atom stereocenters. The van der Waals surface area contributed by atoms with Crippen molar-refractivity contribution in [1.82, 2.24) is 19.0 Å². The van der Waals surface area contributed by atoms with Gasteiger partial charge in [-0.3, -0.25) is 14.2 Å². The Bertz CT molecular complexity index is 1480. The summed E-state index contributed by atoms with van der Waals surface area (Å²) in [5.74, 6) is -0.00637. The van der Waals surface area contributed by atoms with Crippen LogP contribution in [-0.2, 0) is 23.0 Å². The highest BCUT2D eigenvalue weighted by molar-refractivity contribution is 7.90. The van der Waals surface area contributed by atoms with Crippen LogP contribution >= 0.6 is 11.6 Å². The summed E-state index contributed by atoms with van der Waals surface area (Å²) in [6, 6.07) is 8.38. The predicted octanol–water partition coefficient (Wildman–Crippen LogP) is 3.40. The Hall–Kier alpha value is -3.52. The van der Waals surface area contributed by atoms with Crippen LogP contribution in [-0.4, -0.2) is 60.1 Å². The zero-order valence-electron chi connectivity index (χ0n) is 19.7. The number of pyridine rings is 1. The summed E-state index contributed by atoms with van der Waals surface area (Å²) in [7, 11) is -4.10. The number of benzene rings is 1. The van der Waals surface area contributed by atoms with Crippen molar-refractivity contribution in [3.63, 3.8) is 0 Å². The SMILES string of the molecule is CCc1nc2ccc(Cl)cn2c1C(=O)NCc1ccc(N2CCN(S(=O)(=O)C(F)(F)F)C=N2)c(OC)c1. The van der Waals surface area contributed by atoms with Crippen LogP contribution in [0.2, 0.25) is 5.02 Å². The fourth-order valence-electron chi connectivity index (χ4n) is 3.79. The number of anilines is 1. The second-order valence-electron chi connectivity index (χ2n) is 7.94. The molecular weight excluding hydrogens is 537 g/mol. The number of nitrogens with one attached hydrogen (secondary N) is 1. The summed E-state index contributed by atoms with van der Waals surface area (Å²) in [5.41, 5.74) is -2.72. The van der Waals surface area contributed by atoms with Crippen LogP contribution in [0.15, 0.2) is 41.6 Å². The number of rotatable bonds is 7. The van der Waals surface area contributed by atoms with E-state index in [-0.39, 0.29) is 23.3 Å². The Morgan fingerprint density at radius 3 is 2.59 bits per heavy atom. The number of sulfonamides is 1. The summed E-state index contributed by atoms with van der Waals surface area (Å²) in [6.07, 6.45) is 2.78. The average molecular weight is 559 g/mol. The third-order valence-electron chi connectivity index (χ3n) is 5.63. The minimum atomic E-state index is -5.51. The lowest BCUT2D eigenvalue weighted by Crippen LogP contribution is -2.46. The molecule has 10 nitrogen and oxygen atoms in total. The Morgan fingerprint density at radius 1 is 1.22 bits per heavy atom. The van der Waals surface area contributed by atoms with Gasteiger partial charge in [-0.2, -0.15) is 26.7 Å². The number of hydrogen-bond donors (Lipinski definition) is 1. The third kappa shape index (κ3) is 5.16. The number of fused-ring (bicyclic) bond motifs is 1. The standard InChI is InChI=1S/C22H22ClF3N6O4S/c1-3-16-20(31-12-15(23)5-7-19(31)29-16)21(33)27-11-14-4-6-17(18(10-14)36-2)32-9-8-30(13-28-32)37(34,35)22(24,25)26/h4-7,10,12-13H,3,8-9,11H2,1-2H3,(H,27,33). The highest BCUT2D eigenvalue weighted by atomic mass is 35.5. The molecule has 1 N–H and O–H groups in total. The molecule has 1 aliphatic heterocycles. The molecule has 37 heavy (non-hydrogen) atoms. The molecule has 0 bridgehead atoms. The fourth-order valence-corrected chi connectivity index (χ4v) is 4.71. The lowest BCUT2D eigenvalue weighted by atomic mass is 10.1. The van der Waals surface area contributed by atoms with Gasteiger partial charge >= 0.3 is 15.5 Å². The molecule has 0 radical (unpaired) electrons. The van der Waals surface area contributed by atoms with Gasteiger partial charge in [0.15, 0.2) is 0 Å². The average Bonchev–Trinajstić information content (AvgIpc) is 3.24.